The molecule has 0 nitrogen and oxygen atoms in total. The first-order valence-corrected chi connectivity index (χ1v) is 7.19. The SMILES string of the molecule is CCCC1CCC(c2cc(F)c(CF)c(F)c2)CC1. The van der Waals surface area contributed by atoms with Gasteiger partial charge in [-0.15, -0.1) is 0 Å². The minimum atomic E-state index is -1.08. The predicted octanol–water partition coefficient (Wildman–Crippen LogP) is 5.51. The van der Waals surface area contributed by atoms with Crippen LogP contribution in [-0.2, 0) is 6.67 Å². The average molecular weight is 270 g/mol. The van der Waals surface area contributed by atoms with E-state index in [-0.39, 0.29) is 5.92 Å². The van der Waals surface area contributed by atoms with Crippen LogP contribution in [0.4, 0.5) is 13.2 Å². The van der Waals surface area contributed by atoms with Crippen LogP contribution in [0.25, 0.3) is 0 Å². The van der Waals surface area contributed by atoms with Crippen molar-refractivity contribution in [3.8, 4) is 0 Å². The van der Waals surface area contributed by atoms with Crippen LogP contribution in [0.5, 0.6) is 0 Å². The van der Waals surface area contributed by atoms with Crippen LogP contribution in [0.2, 0.25) is 0 Å². The molecule has 3 heteroatoms. The van der Waals surface area contributed by atoms with Gasteiger partial charge in [0.15, 0.2) is 0 Å². The molecule has 1 fully saturated rings. The molecular weight excluding hydrogens is 249 g/mol. The number of rotatable bonds is 4. The Labute approximate surface area is 113 Å². The van der Waals surface area contributed by atoms with Crippen LogP contribution in [-0.4, -0.2) is 0 Å². The summed E-state index contributed by atoms with van der Waals surface area (Å²) < 4.78 is 39.6. The zero-order valence-electron chi connectivity index (χ0n) is 11.4. The molecule has 1 aromatic carbocycles. The summed E-state index contributed by atoms with van der Waals surface area (Å²) in [5.74, 6) is -0.492. The highest BCUT2D eigenvalue weighted by atomic mass is 19.1. The molecule has 2 rings (SSSR count). The van der Waals surface area contributed by atoms with Crippen LogP contribution in [0, 0.1) is 17.6 Å². The minimum Gasteiger partial charge on any atom is -0.246 e. The van der Waals surface area contributed by atoms with Gasteiger partial charge >= 0.3 is 0 Å². The van der Waals surface area contributed by atoms with Crippen molar-refractivity contribution >= 4 is 0 Å². The van der Waals surface area contributed by atoms with Gasteiger partial charge in [-0.25, -0.2) is 13.2 Å². The van der Waals surface area contributed by atoms with E-state index in [4.69, 9.17) is 0 Å². The molecule has 19 heavy (non-hydrogen) atoms. The smallest absolute Gasteiger partial charge is 0.132 e. The number of hydrogen-bond acceptors (Lipinski definition) is 0. The van der Waals surface area contributed by atoms with Crippen molar-refractivity contribution in [3.05, 3.63) is 34.9 Å². The van der Waals surface area contributed by atoms with E-state index in [2.05, 4.69) is 6.92 Å². The second-order valence-corrected chi connectivity index (χ2v) is 5.60. The number of hydrogen-bond donors (Lipinski definition) is 0. The highest BCUT2D eigenvalue weighted by Crippen LogP contribution is 2.38. The van der Waals surface area contributed by atoms with Gasteiger partial charge in [0.25, 0.3) is 0 Å². The highest BCUT2D eigenvalue weighted by molar-refractivity contribution is 5.28. The predicted molar refractivity (Wildman–Crippen MR) is 70.8 cm³/mol. The van der Waals surface area contributed by atoms with E-state index in [0.717, 1.165) is 31.6 Å². The third-order valence-corrected chi connectivity index (χ3v) is 4.31. The fourth-order valence-electron chi connectivity index (χ4n) is 3.18. The summed E-state index contributed by atoms with van der Waals surface area (Å²) in [4.78, 5) is 0. The summed E-state index contributed by atoms with van der Waals surface area (Å²) in [6.07, 6.45) is 6.68. The molecule has 1 aliphatic rings. The van der Waals surface area contributed by atoms with Gasteiger partial charge in [-0.2, -0.15) is 0 Å². The lowest BCUT2D eigenvalue weighted by molar-refractivity contribution is 0.307. The summed E-state index contributed by atoms with van der Waals surface area (Å²) >= 11 is 0. The van der Waals surface area contributed by atoms with Crippen molar-refractivity contribution in [2.24, 2.45) is 5.92 Å². The van der Waals surface area contributed by atoms with Gasteiger partial charge in [0.1, 0.15) is 18.3 Å². The zero-order valence-corrected chi connectivity index (χ0v) is 11.4. The molecule has 0 saturated heterocycles. The molecule has 0 spiro atoms. The fraction of sp³-hybridized carbons (Fsp3) is 0.625. The topological polar surface area (TPSA) is 0 Å². The van der Waals surface area contributed by atoms with Gasteiger partial charge in [-0.05, 0) is 55.2 Å². The zero-order chi connectivity index (χ0) is 13.8. The summed E-state index contributed by atoms with van der Waals surface area (Å²) in [5.41, 5.74) is 0.255. The first-order valence-electron chi connectivity index (χ1n) is 7.19. The first kappa shape index (κ1) is 14.4. The monoisotopic (exact) mass is 270 g/mol. The van der Waals surface area contributed by atoms with Crippen molar-refractivity contribution in [2.75, 3.05) is 0 Å². The lowest BCUT2D eigenvalue weighted by Crippen LogP contribution is -2.14. The van der Waals surface area contributed by atoms with E-state index in [0.29, 0.717) is 5.56 Å². The molecule has 1 aliphatic carbocycles. The largest absolute Gasteiger partial charge is 0.246 e. The van der Waals surface area contributed by atoms with Crippen LogP contribution < -0.4 is 0 Å². The van der Waals surface area contributed by atoms with Crippen LogP contribution in [0.3, 0.4) is 0 Å². The van der Waals surface area contributed by atoms with Gasteiger partial charge in [0, 0.05) is 0 Å². The highest BCUT2D eigenvalue weighted by Gasteiger charge is 2.23. The van der Waals surface area contributed by atoms with E-state index in [1.807, 2.05) is 0 Å². The van der Waals surface area contributed by atoms with E-state index >= 15 is 0 Å². The Hall–Kier alpha value is -0.990. The summed E-state index contributed by atoms with van der Waals surface area (Å²) in [7, 11) is 0. The average Bonchev–Trinajstić information content (AvgIpc) is 2.39. The standard InChI is InChI=1S/C16H21F3/c1-2-3-11-4-6-12(7-5-11)13-8-15(18)14(10-17)16(19)9-13/h8-9,11-12H,2-7,10H2,1H3. The Bertz CT molecular complexity index is 397. The number of alkyl halides is 1. The Balaban J connectivity index is 2.07. The van der Waals surface area contributed by atoms with E-state index in [1.54, 1.807) is 0 Å². The molecule has 1 saturated carbocycles. The Morgan fingerprint density at radius 3 is 2.11 bits per heavy atom. The Kier molecular flexibility index (Phi) is 4.89. The van der Waals surface area contributed by atoms with Gasteiger partial charge in [-0.3, -0.25) is 0 Å². The Morgan fingerprint density at radius 2 is 1.63 bits per heavy atom. The second-order valence-electron chi connectivity index (χ2n) is 5.60. The lowest BCUT2D eigenvalue weighted by atomic mass is 9.77. The molecule has 106 valence electrons. The second kappa shape index (κ2) is 6.44. The van der Waals surface area contributed by atoms with Crippen molar-refractivity contribution < 1.29 is 13.2 Å². The molecule has 1 aromatic rings. The maximum Gasteiger partial charge on any atom is 0.132 e. The van der Waals surface area contributed by atoms with Gasteiger partial charge in [0.2, 0.25) is 0 Å². The van der Waals surface area contributed by atoms with Crippen molar-refractivity contribution in [1.82, 2.24) is 0 Å². The number of benzene rings is 1. The molecule has 0 unspecified atom stereocenters. The van der Waals surface area contributed by atoms with Crippen LogP contribution in [0.1, 0.15) is 62.5 Å². The first-order chi connectivity index (χ1) is 9.15. The summed E-state index contributed by atoms with van der Waals surface area (Å²) in [6, 6.07) is 2.64. The normalized spacial score (nSPS) is 23.6. The molecule has 0 N–H and O–H groups in total. The molecule has 0 heterocycles. The van der Waals surface area contributed by atoms with E-state index in [1.165, 1.54) is 25.0 Å². The van der Waals surface area contributed by atoms with Crippen molar-refractivity contribution in [2.45, 2.75) is 58.0 Å². The minimum absolute atomic E-state index is 0.228. The third kappa shape index (κ3) is 3.31. The molecule has 0 aliphatic heterocycles. The molecular formula is C16H21F3. The molecule has 0 radical (unpaired) electrons. The summed E-state index contributed by atoms with van der Waals surface area (Å²) in [5, 5.41) is 0. The molecule has 0 amide bonds. The third-order valence-electron chi connectivity index (χ3n) is 4.31. The van der Waals surface area contributed by atoms with Crippen LogP contribution in [0.15, 0.2) is 12.1 Å². The van der Waals surface area contributed by atoms with Crippen molar-refractivity contribution in [3.63, 3.8) is 0 Å². The molecule has 0 aromatic heterocycles. The summed E-state index contributed by atoms with van der Waals surface area (Å²) in [6.45, 7) is 1.10. The molecule has 0 bridgehead atoms. The van der Waals surface area contributed by atoms with E-state index < -0.39 is 23.9 Å². The Morgan fingerprint density at radius 1 is 1.05 bits per heavy atom. The van der Waals surface area contributed by atoms with E-state index in [9.17, 15) is 13.2 Å². The quantitative estimate of drug-likeness (QED) is 0.677. The van der Waals surface area contributed by atoms with Crippen LogP contribution >= 0.6 is 0 Å². The molecule has 0 atom stereocenters. The fourth-order valence-corrected chi connectivity index (χ4v) is 3.18. The van der Waals surface area contributed by atoms with Gasteiger partial charge in [-0.1, -0.05) is 19.8 Å². The van der Waals surface area contributed by atoms with Gasteiger partial charge < -0.3 is 0 Å². The maximum atomic E-state index is 13.6. The number of halogens is 3. The van der Waals surface area contributed by atoms with Gasteiger partial charge in [0.05, 0.1) is 5.56 Å². The van der Waals surface area contributed by atoms with Crippen molar-refractivity contribution in [1.29, 1.82) is 0 Å². The lowest BCUT2D eigenvalue weighted by Gasteiger charge is -2.28. The maximum absolute atomic E-state index is 13.6.